The number of nitrogens with zero attached hydrogens (tertiary/aromatic N) is 1. The molecule has 0 N–H and O–H groups in total. The summed E-state index contributed by atoms with van der Waals surface area (Å²) in [5.74, 6) is -0.419. The van der Waals surface area contributed by atoms with Crippen molar-refractivity contribution in [1.82, 2.24) is 0 Å². The molecule has 0 aliphatic carbocycles. The van der Waals surface area contributed by atoms with Crippen LogP contribution in [0.15, 0.2) is 16.6 Å². The first kappa shape index (κ1) is 14.1. The van der Waals surface area contributed by atoms with Gasteiger partial charge in [-0.05, 0) is 48.8 Å². The number of fused-ring (bicyclic) bond motifs is 1. The van der Waals surface area contributed by atoms with Crippen molar-refractivity contribution in [1.29, 1.82) is 0 Å². The summed E-state index contributed by atoms with van der Waals surface area (Å²) in [5.41, 5.74) is -0.226. The fourth-order valence-electron chi connectivity index (χ4n) is 1.76. The van der Waals surface area contributed by atoms with Gasteiger partial charge in [-0.15, -0.1) is 0 Å². The molecule has 19 heavy (non-hydrogen) atoms. The van der Waals surface area contributed by atoms with Crippen LogP contribution >= 0.6 is 15.9 Å². The molecule has 1 amide bonds. The minimum Gasteiger partial charge on any atom is -0.486 e. The summed E-state index contributed by atoms with van der Waals surface area (Å²) < 4.78 is 24.9. The third kappa shape index (κ3) is 3.00. The van der Waals surface area contributed by atoms with Crippen molar-refractivity contribution in [3.05, 3.63) is 22.4 Å². The zero-order chi connectivity index (χ0) is 14.2. The molecule has 0 fully saturated rings. The van der Waals surface area contributed by atoms with Gasteiger partial charge in [-0.1, -0.05) is 0 Å². The Bertz CT molecular complexity index is 513. The van der Waals surface area contributed by atoms with Crippen molar-refractivity contribution >= 4 is 27.7 Å². The van der Waals surface area contributed by atoms with Crippen molar-refractivity contribution in [3.8, 4) is 5.75 Å². The molecule has 0 aromatic heterocycles. The number of carbonyl (C=O) groups is 1. The summed E-state index contributed by atoms with van der Waals surface area (Å²) >= 11 is 3.31. The van der Waals surface area contributed by atoms with Crippen LogP contribution in [0.4, 0.5) is 14.9 Å². The molecule has 0 unspecified atom stereocenters. The van der Waals surface area contributed by atoms with E-state index in [0.717, 1.165) is 0 Å². The number of carbonyl (C=O) groups excluding carboxylic acids is 1. The summed E-state index contributed by atoms with van der Waals surface area (Å²) in [6.07, 6.45) is -0.511. The van der Waals surface area contributed by atoms with Crippen LogP contribution in [0.1, 0.15) is 20.8 Å². The zero-order valence-electron chi connectivity index (χ0n) is 11.0. The van der Waals surface area contributed by atoms with E-state index in [-0.39, 0.29) is 12.4 Å². The Labute approximate surface area is 119 Å². The smallest absolute Gasteiger partial charge is 0.415 e. The van der Waals surface area contributed by atoms with E-state index < -0.39 is 17.5 Å². The van der Waals surface area contributed by atoms with Crippen LogP contribution < -0.4 is 9.64 Å². The molecule has 1 aliphatic heterocycles. The van der Waals surface area contributed by atoms with E-state index in [0.29, 0.717) is 16.7 Å². The molecule has 0 saturated heterocycles. The second-order valence-corrected chi connectivity index (χ2v) is 6.04. The average molecular weight is 332 g/mol. The molecule has 0 saturated carbocycles. The van der Waals surface area contributed by atoms with E-state index in [1.807, 2.05) is 0 Å². The zero-order valence-corrected chi connectivity index (χ0v) is 12.6. The molecule has 1 aliphatic rings. The van der Waals surface area contributed by atoms with E-state index >= 15 is 0 Å². The van der Waals surface area contributed by atoms with Gasteiger partial charge in [-0.3, -0.25) is 4.90 Å². The molecule has 0 bridgehead atoms. The van der Waals surface area contributed by atoms with E-state index in [9.17, 15) is 9.18 Å². The Morgan fingerprint density at radius 1 is 1.47 bits per heavy atom. The number of halogens is 2. The number of anilines is 1. The third-order valence-electron chi connectivity index (χ3n) is 2.48. The fourth-order valence-corrected chi connectivity index (χ4v) is 2.29. The fraction of sp³-hybridized carbons (Fsp3) is 0.462. The van der Waals surface area contributed by atoms with Crippen LogP contribution in [0, 0.1) is 5.82 Å². The van der Waals surface area contributed by atoms with Crippen molar-refractivity contribution < 1.29 is 18.7 Å². The number of rotatable bonds is 0. The quantitative estimate of drug-likeness (QED) is 0.727. The largest absolute Gasteiger partial charge is 0.486 e. The first-order chi connectivity index (χ1) is 8.79. The Morgan fingerprint density at radius 2 is 2.16 bits per heavy atom. The summed E-state index contributed by atoms with van der Waals surface area (Å²) in [7, 11) is 0. The van der Waals surface area contributed by atoms with Crippen molar-refractivity contribution in [2.24, 2.45) is 0 Å². The van der Waals surface area contributed by atoms with Gasteiger partial charge >= 0.3 is 6.09 Å². The number of benzene rings is 1. The van der Waals surface area contributed by atoms with Gasteiger partial charge in [0.1, 0.15) is 17.9 Å². The normalized spacial score (nSPS) is 14.7. The topological polar surface area (TPSA) is 38.8 Å². The molecule has 104 valence electrons. The van der Waals surface area contributed by atoms with Gasteiger partial charge in [0.15, 0.2) is 11.6 Å². The van der Waals surface area contributed by atoms with E-state index in [4.69, 9.17) is 9.47 Å². The van der Waals surface area contributed by atoms with Crippen molar-refractivity contribution in [2.45, 2.75) is 26.4 Å². The maximum absolute atomic E-state index is 13.7. The van der Waals surface area contributed by atoms with Crippen LogP contribution in [-0.2, 0) is 4.74 Å². The Morgan fingerprint density at radius 3 is 2.79 bits per heavy atom. The molecule has 1 heterocycles. The third-order valence-corrected chi connectivity index (χ3v) is 3.12. The minimum absolute atomic E-state index is 0.0754. The van der Waals surface area contributed by atoms with Crippen LogP contribution in [-0.4, -0.2) is 24.8 Å². The highest BCUT2D eigenvalue weighted by Gasteiger charge is 2.31. The van der Waals surface area contributed by atoms with Gasteiger partial charge in [-0.25, -0.2) is 9.18 Å². The predicted octanol–water partition coefficient (Wildman–Crippen LogP) is 3.72. The number of amides is 1. The molecule has 6 heteroatoms. The van der Waals surface area contributed by atoms with Crippen LogP contribution in [0.2, 0.25) is 0 Å². The lowest BCUT2D eigenvalue weighted by Crippen LogP contribution is -2.41. The standard InChI is InChI=1S/C13H15BrFNO3/c1-13(2,3)19-12(17)16-6-7-18-11-9(15)5-4-8(14)10(11)16/h4-5H,6-7H2,1-3H3. The lowest BCUT2D eigenvalue weighted by molar-refractivity contribution is 0.0567. The number of ether oxygens (including phenoxy) is 2. The van der Waals surface area contributed by atoms with Gasteiger partial charge in [0.2, 0.25) is 0 Å². The van der Waals surface area contributed by atoms with Crippen molar-refractivity contribution in [2.75, 3.05) is 18.1 Å². The summed E-state index contributed by atoms with van der Waals surface area (Å²) in [4.78, 5) is 13.5. The minimum atomic E-state index is -0.602. The predicted molar refractivity (Wildman–Crippen MR) is 73.2 cm³/mol. The average Bonchev–Trinajstić information content (AvgIpc) is 2.31. The monoisotopic (exact) mass is 331 g/mol. The van der Waals surface area contributed by atoms with Gasteiger partial charge in [0.05, 0.1) is 6.54 Å². The first-order valence-electron chi connectivity index (χ1n) is 5.91. The summed E-state index contributed by atoms with van der Waals surface area (Å²) in [6, 6.07) is 2.84. The highest BCUT2D eigenvalue weighted by molar-refractivity contribution is 9.10. The van der Waals surface area contributed by atoms with Gasteiger partial charge in [0.25, 0.3) is 0 Å². The SMILES string of the molecule is CC(C)(C)OC(=O)N1CCOc2c(F)ccc(Br)c21. The maximum atomic E-state index is 13.7. The number of hydrogen-bond donors (Lipinski definition) is 0. The molecular weight excluding hydrogens is 317 g/mol. The molecule has 4 nitrogen and oxygen atoms in total. The van der Waals surface area contributed by atoms with Gasteiger partial charge in [0, 0.05) is 4.47 Å². The molecular formula is C13H15BrFNO3. The second-order valence-electron chi connectivity index (χ2n) is 5.19. The Kier molecular flexibility index (Phi) is 3.71. The van der Waals surface area contributed by atoms with Crippen LogP contribution in [0.3, 0.4) is 0 Å². The second kappa shape index (κ2) is 5.00. The molecule has 0 spiro atoms. The highest BCUT2D eigenvalue weighted by atomic mass is 79.9. The number of hydrogen-bond acceptors (Lipinski definition) is 3. The van der Waals surface area contributed by atoms with E-state index in [1.165, 1.54) is 11.0 Å². The first-order valence-corrected chi connectivity index (χ1v) is 6.70. The van der Waals surface area contributed by atoms with Gasteiger partial charge in [-0.2, -0.15) is 0 Å². The Balaban J connectivity index is 2.37. The van der Waals surface area contributed by atoms with Crippen molar-refractivity contribution in [3.63, 3.8) is 0 Å². The van der Waals surface area contributed by atoms with Crippen LogP contribution in [0.25, 0.3) is 0 Å². The molecule has 2 rings (SSSR count). The lowest BCUT2D eigenvalue weighted by atomic mass is 10.2. The summed E-state index contributed by atoms with van der Waals surface area (Å²) in [5, 5.41) is 0. The molecule has 1 aromatic carbocycles. The van der Waals surface area contributed by atoms with Gasteiger partial charge < -0.3 is 9.47 Å². The molecule has 1 aromatic rings. The molecule has 0 radical (unpaired) electrons. The van der Waals surface area contributed by atoms with E-state index in [1.54, 1.807) is 26.8 Å². The highest BCUT2D eigenvalue weighted by Crippen LogP contribution is 2.40. The van der Waals surface area contributed by atoms with Crippen LogP contribution in [0.5, 0.6) is 5.75 Å². The lowest BCUT2D eigenvalue weighted by Gasteiger charge is -2.32. The Hall–Kier alpha value is -1.30. The maximum Gasteiger partial charge on any atom is 0.415 e. The summed E-state index contributed by atoms with van der Waals surface area (Å²) in [6.45, 7) is 5.91. The molecule has 0 atom stereocenters. The van der Waals surface area contributed by atoms with E-state index in [2.05, 4.69) is 15.9 Å².